The van der Waals surface area contributed by atoms with Gasteiger partial charge < -0.3 is 15.4 Å². The molecule has 0 aromatic heterocycles. The molecule has 0 radical (unpaired) electrons. The van der Waals surface area contributed by atoms with Crippen LogP contribution in [0, 0.1) is 12.8 Å². The largest absolute Gasteiger partial charge is 0.492 e. The molecular formula is C26H26BrN3O3S. The Kier molecular flexibility index (Phi) is 8.79. The summed E-state index contributed by atoms with van der Waals surface area (Å²) in [7, 11) is 0. The third kappa shape index (κ3) is 7.40. The fourth-order valence-corrected chi connectivity index (χ4v) is 3.59. The zero-order valence-electron chi connectivity index (χ0n) is 19.1. The van der Waals surface area contributed by atoms with Crippen LogP contribution in [0.4, 0.5) is 11.4 Å². The second-order valence-electron chi connectivity index (χ2n) is 8.15. The number of ether oxygens (including phenoxy) is 1. The van der Waals surface area contributed by atoms with Gasteiger partial charge in [-0.15, -0.1) is 0 Å². The zero-order valence-corrected chi connectivity index (χ0v) is 21.5. The number of thiocarbonyl (C=S) groups is 1. The molecule has 0 aliphatic carbocycles. The molecule has 176 valence electrons. The van der Waals surface area contributed by atoms with Crippen molar-refractivity contribution in [1.29, 1.82) is 0 Å². The third-order valence-corrected chi connectivity index (χ3v) is 5.36. The Hall–Kier alpha value is -3.23. The molecule has 0 unspecified atom stereocenters. The molecule has 3 rings (SSSR count). The molecule has 2 amide bonds. The smallest absolute Gasteiger partial charge is 0.261 e. The van der Waals surface area contributed by atoms with E-state index in [1.165, 1.54) is 0 Å². The number of hydrogen-bond acceptors (Lipinski definition) is 4. The Bertz CT molecular complexity index is 1200. The highest BCUT2D eigenvalue weighted by molar-refractivity contribution is 9.10. The predicted octanol–water partition coefficient (Wildman–Crippen LogP) is 6.17. The first kappa shape index (κ1) is 25.4. The van der Waals surface area contributed by atoms with Crippen LogP contribution in [0.3, 0.4) is 0 Å². The minimum absolute atomic E-state index is 0.149. The summed E-state index contributed by atoms with van der Waals surface area (Å²) >= 11 is 8.70. The highest BCUT2D eigenvalue weighted by Gasteiger charge is 2.15. The molecular weight excluding hydrogens is 514 g/mol. The molecule has 3 N–H and O–H groups in total. The van der Waals surface area contributed by atoms with Crippen LogP contribution in [0.15, 0.2) is 71.2 Å². The third-order valence-electron chi connectivity index (χ3n) is 4.67. The van der Waals surface area contributed by atoms with E-state index < -0.39 is 0 Å². The molecule has 34 heavy (non-hydrogen) atoms. The fraction of sp³-hybridized carbons (Fsp3) is 0.192. The van der Waals surface area contributed by atoms with Gasteiger partial charge in [0.15, 0.2) is 5.11 Å². The number of rotatable bonds is 7. The molecule has 3 aromatic carbocycles. The standard InChI is InChI=1S/C26H26BrN3O3S/c1-16(2)15-33-23-12-7-19(27)14-22(23)25(32)30-26(34)29-21-10-8-20(9-11-21)28-24(31)18-6-4-5-17(3)13-18/h4-14,16H,15H2,1-3H3,(H,28,31)(H2,29,30,32,34). The predicted molar refractivity (Wildman–Crippen MR) is 144 cm³/mol. The highest BCUT2D eigenvalue weighted by Crippen LogP contribution is 2.24. The number of hydrogen-bond donors (Lipinski definition) is 3. The van der Waals surface area contributed by atoms with Crippen molar-refractivity contribution in [1.82, 2.24) is 5.32 Å². The van der Waals surface area contributed by atoms with Crippen LogP contribution in [-0.2, 0) is 0 Å². The summed E-state index contributed by atoms with van der Waals surface area (Å²) in [5.74, 6) is 0.258. The Morgan fingerprint density at radius 3 is 2.26 bits per heavy atom. The first-order valence-corrected chi connectivity index (χ1v) is 11.9. The van der Waals surface area contributed by atoms with Crippen molar-refractivity contribution in [3.63, 3.8) is 0 Å². The van der Waals surface area contributed by atoms with Crippen molar-refractivity contribution in [2.24, 2.45) is 5.92 Å². The average molecular weight is 540 g/mol. The van der Waals surface area contributed by atoms with E-state index in [4.69, 9.17) is 17.0 Å². The Morgan fingerprint density at radius 1 is 0.941 bits per heavy atom. The van der Waals surface area contributed by atoms with E-state index in [0.717, 1.165) is 10.0 Å². The maximum absolute atomic E-state index is 12.8. The molecule has 6 nitrogen and oxygen atoms in total. The summed E-state index contributed by atoms with van der Waals surface area (Å²) in [5, 5.41) is 8.68. The average Bonchev–Trinajstić information content (AvgIpc) is 2.79. The fourth-order valence-electron chi connectivity index (χ4n) is 3.02. The molecule has 0 atom stereocenters. The summed E-state index contributed by atoms with van der Waals surface area (Å²) in [6, 6.07) is 19.7. The van der Waals surface area contributed by atoms with E-state index in [-0.39, 0.29) is 16.9 Å². The van der Waals surface area contributed by atoms with Crippen molar-refractivity contribution in [2.45, 2.75) is 20.8 Å². The SMILES string of the molecule is Cc1cccc(C(=O)Nc2ccc(NC(=S)NC(=O)c3cc(Br)ccc3OCC(C)C)cc2)c1. The van der Waals surface area contributed by atoms with Gasteiger partial charge in [-0.3, -0.25) is 14.9 Å². The first-order valence-electron chi connectivity index (χ1n) is 10.7. The van der Waals surface area contributed by atoms with Gasteiger partial charge in [0.2, 0.25) is 0 Å². The number of amides is 2. The summed E-state index contributed by atoms with van der Waals surface area (Å²) < 4.78 is 6.54. The topological polar surface area (TPSA) is 79.5 Å². The van der Waals surface area contributed by atoms with E-state index >= 15 is 0 Å². The van der Waals surface area contributed by atoms with Crippen LogP contribution in [0.1, 0.15) is 40.1 Å². The quantitative estimate of drug-likeness (QED) is 0.313. The second kappa shape index (κ2) is 11.8. The Balaban J connectivity index is 1.59. The van der Waals surface area contributed by atoms with E-state index in [2.05, 4.69) is 31.9 Å². The minimum Gasteiger partial charge on any atom is -0.492 e. The van der Waals surface area contributed by atoms with Crippen LogP contribution in [0.2, 0.25) is 0 Å². The minimum atomic E-state index is -0.375. The zero-order chi connectivity index (χ0) is 24.7. The van der Waals surface area contributed by atoms with Gasteiger partial charge in [-0.05, 0) is 79.7 Å². The molecule has 0 fully saturated rings. The molecule has 0 saturated carbocycles. The number of aryl methyl sites for hydroxylation is 1. The lowest BCUT2D eigenvalue weighted by atomic mass is 10.1. The number of benzene rings is 3. The van der Waals surface area contributed by atoms with Crippen molar-refractivity contribution in [3.8, 4) is 5.75 Å². The van der Waals surface area contributed by atoms with Gasteiger partial charge in [0.25, 0.3) is 11.8 Å². The monoisotopic (exact) mass is 539 g/mol. The van der Waals surface area contributed by atoms with Gasteiger partial charge in [0.1, 0.15) is 5.75 Å². The highest BCUT2D eigenvalue weighted by atomic mass is 79.9. The van der Waals surface area contributed by atoms with Crippen LogP contribution in [0.25, 0.3) is 0 Å². The molecule has 3 aromatic rings. The van der Waals surface area contributed by atoms with Crippen LogP contribution in [0.5, 0.6) is 5.75 Å². The van der Waals surface area contributed by atoms with Crippen LogP contribution in [-0.4, -0.2) is 23.5 Å². The van der Waals surface area contributed by atoms with E-state index in [0.29, 0.717) is 40.8 Å². The van der Waals surface area contributed by atoms with Gasteiger partial charge in [0.05, 0.1) is 12.2 Å². The molecule has 0 bridgehead atoms. The lowest BCUT2D eigenvalue weighted by Crippen LogP contribution is -2.34. The summed E-state index contributed by atoms with van der Waals surface area (Å²) in [6.45, 7) is 6.51. The molecule has 8 heteroatoms. The Labute approximate surface area is 213 Å². The molecule has 0 heterocycles. The van der Waals surface area contributed by atoms with Crippen LogP contribution >= 0.6 is 28.1 Å². The number of nitrogens with one attached hydrogen (secondary N) is 3. The number of halogens is 1. The maximum Gasteiger partial charge on any atom is 0.261 e. The lowest BCUT2D eigenvalue weighted by Gasteiger charge is -2.15. The maximum atomic E-state index is 12.8. The molecule has 0 aliphatic rings. The van der Waals surface area contributed by atoms with Gasteiger partial charge in [-0.25, -0.2) is 0 Å². The first-order chi connectivity index (χ1) is 16.2. The van der Waals surface area contributed by atoms with E-state index in [1.54, 1.807) is 42.5 Å². The van der Waals surface area contributed by atoms with Gasteiger partial charge in [-0.2, -0.15) is 0 Å². The van der Waals surface area contributed by atoms with Crippen molar-refractivity contribution >= 4 is 56.4 Å². The van der Waals surface area contributed by atoms with Crippen molar-refractivity contribution < 1.29 is 14.3 Å². The summed E-state index contributed by atoms with van der Waals surface area (Å²) in [6.07, 6.45) is 0. The molecule has 0 saturated heterocycles. The van der Waals surface area contributed by atoms with Crippen molar-refractivity contribution in [3.05, 3.63) is 87.9 Å². The number of carbonyl (C=O) groups is 2. The number of anilines is 2. The Morgan fingerprint density at radius 2 is 1.62 bits per heavy atom. The second-order valence-corrected chi connectivity index (χ2v) is 9.48. The van der Waals surface area contributed by atoms with Crippen molar-refractivity contribution in [2.75, 3.05) is 17.2 Å². The van der Waals surface area contributed by atoms with Gasteiger partial charge >= 0.3 is 0 Å². The van der Waals surface area contributed by atoms with Gasteiger partial charge in [0, 0.05) is 21.4 Å². The number of carbonyl (C=O) groups excluding carboxylic acids is 2. The normalized spacial score (nSPS) is 10.5. The summed E-state index contributed by atoms with van der Waals surface area (Å²) in [5.41, 5.74) is 3.31. The van der Waals surface area contributed by atoms with E-state index in [9.17, 15) is 9.59 Å². The van der Waals surface area contributed by atoms with Gasteiger partial charge in [-0.1, -0.05) is 47.5 Å². The molecule has 0 aliphatic heterocycles. The van der Waals surface area contributed by atoms with E-state index in [1.807, 2.05) is 45.0 Å². The molecule has 0 spiro atoms. The lowest BCUT2D eigenvalue weighted by molar-refractivity contribution is 0.0971. The van der Waals surface area contributed by atoms with Crippen LogP contribution < -0.4 is 20.7 Å². The summed E-state index contributed by atoms with van der Waals surface area (Å²) in [4.78, 5) is 25.2.